The molecule has 1 saturated heterocycles. The third-order valence-corrected chi connectivity index (χ3v) is 4.19. The van der Waals surface area contributed by atoms with Crippen LogP contribution in [0.3, 0.4) is 0 Å². The Hall–Kier alpha value is -1.78. The molecule has 4 nitrogen and oxygen atoms in total. The Labute approximate surface area is 131 Å². The molecule has 1 fully saturated rings. The average molecular weight is 308 g/mol. The number of carbonyl (C=O) groups excluding carboxylic acids is 1. The van der Waals surface area contributed by atoms with Crippen LogP contribution in [0.4, 0.5) is 9.18 Å². The maximum atomic E-state index is 12.0. The molecular weight excluding hydrogens is 283 g/mol. The third-order valence-electron chi connectivity index (χ3n) is 4.19. The first-order chi connectivity index (χ1) is 10.7. The zero-order chi connectivity index (χ0) is 15.8. The van der Waals surface area contributed by atoms with Gasteiger partial charge in [0.1, 0.15) is 5.75 Å². The number of benzene rings is 1. The van der Waals surface area contributed by atoms with E-state index in [-0.39, 0.29) is 12.7 Å². The van der Waals surface area contributed by atoms with Gasteiger partial charge in [-0.15, -0.1) is 0 Å². The van der Waals surface area contributed by atoms with Crippen molar-refractivity contribution in [1.29, 1.82) is 0 Å². The first-order valence-corrected chi connectivity index (χ1v) is 7.95. The summed E-state index contributed by atoms with van der Waals surface area (Å²) in [5, 5.41) is 2.76. The predicted octanol–water partition coefficient (Wildman–Crippen LogP) is 3.02. The summed E-state index contributed by atoms with van der Waals surface area (Å²) in [6, 6.07) is 8.04. The molecule has 0 aromatic heterocycles. The molecule has 1 aromatic carbocycles. The van der Waals surface area contributed by atoms with Crippen LogP contribution in [-0.4, -0.2) is 44.3 Å². The lowest BCUT2D eigenvalue weighted by Gasteiger charge is -2.32. The Bertz CT molecular complexity index is 473. The van der Waals surface area contributed by atoms with Crippen molar-refractivity contribution in [3.05, 3.63) is 29.8 Å². The molecule has 0 unspecified atom stereocenters. The van der Waals surface area contributed by atoms with Crippen molar-refractivity contribution in [1.82, 2.24) is 10.2 Å². The van der Waals surface area contributed by atoms with E-state index in [1.165, 1.54) is 5.56 Å². The van der Waals surface area contributed by atoms with Crippen LogP contribution in [0, 0.1) is 5.92 Å². The van der Waals surface area contributed by atoms with Crippen LogP contribution in [0.5, 0.6) is 5.75 Å². The quantitative estimate of drug-likeness (QED) is 0.821. The van der Waals surface area contributed by atoms with E-state index in [1.807, 2.05) is 23.1 Å². The van der Waals surface area contributed by atoms with Crippen molar-refractivity contribution in [2.45, 2.75) is 25.7 Å². The summed E-state index contributed by atoms with van der Waals surface area (Å²) < 4.78 is 17.4. The molecule has 2 rings (SSSR count). The lowest BCUT2D eigenvalue weighted by molar-refractivity contribution is 0.170. The van der Waals surface area contributed by atoms with Gasteiger partial charge in [-0.2, -0.15) is 0 Å². The fourth-order valence-electron chi connectivity index (χ4n) is 2.90. The Kier molecular flexibility index (Phi) is 6.49. The molecule has 0 bridgehead atoms. The van der Waals surface area contributed by atoms with Gasteiger partial charge in [-0.1, -0.05) is 18.2 Å². The molecule has 0 aliphatic carbocycles. The molecule has 5 heteroatoms. The summed E-state index contributed by atoms with van der Waals surface area (Å²) in [5.74, 6) is 1.51. The second-order valence-corrected chi connectivity index (χ2v) is 5.72. The highest BCUT2D eigenvalue weighted by atomic mass is 19.1. The van der Waals surface area contributed by atoms with Crippen molar-refractivity contribution >= 4 is 6.03 Å². The van der Waals surface area contributed by atoms with E-state index in [0.29, 0.717) is 18.9 Å². The average Bonchev–Trinajstić information content (AvgIpc) is 2.56. The monoisotopic (exact) mass is 308 g/mol. The Morgan fingerprint density at radius 1 is 1.36 bits per heavy atom. The Balaban J connectivity index is 1.78. The normalized spacial score (nSPS) is 15.6. The third kappa shape index (κ3) is 4.61. The van der Waals surface area contributed by atoms with Crippen molar-refractivity contribution in [3.63, 3.8) is 0 Å². The maximum absolute atomic E-state index is 12.0. The highest BCUT2D eigenvalue weighted by Gasteiger charge is 2.23. The van der Waals surface area contributed by atoms with Gasteiger partial charge in [-0.05, 0) is 43.2 Å². The summed E-state index contributed by atoms with van der Waals surface area (Å²) in [5.41, 5.74) is 1.23. The van der Waals surface area contributed by atoms with Gasteiger partial charge in [0.2, 0.25) is 0 Å². The van der Waals surface area contributed by atoms with Gasteiger partial charge in [0.15, 0.2) is 0 Å². The number of amides is 2. The van der Waals surface area contributed by atoms with Gasteiger partial charge in [-0.25, -0.2) is 4.79 Å². The van der Waals surface area contributed by atoms with E-state index in [0.717, 1.165) is 38.1 Å². The van der Waals surface area contributed by atoms with E-state index in [2.05, 4.69) is 11.4 Å². The summed E-state index contributed by atoms with van der Waals surface area (Å²) in [6.07, 6.45) is 3.36. The number of nitrogens with zero attached hydrogens (tertiary/aromatic N) is 1. The molecule has 0 radical (unpaired) electrons. The smallest absolute Gasteiger partial charge is 0.317 e. The van der Waals surface area contributed by atoms with Crippen molar-refractivity contribution < 1.29 is 13.9 Å². The fraction of sp³-hybridized carbons (Fsp3) is 0.588. The van der Waals surface area contributed by atoms with Gasteiger partial charge in [0, 0.05) is 19.6 Å². The van der Waals surface area contributed by atoms with E-state index < -0.39 is 0 Å². The number of likely N-dealkylation sites (tertiary alicyclic amines) is 1. The number of methoxy groups -OCH3 is 1. The van der Waals surface area contributed by atoms with E-state index >= 15 is 0 Å². The molecule has 22 heavy (non-hydrogen) atoms. The molecular formula is C17H25FN2O2. The molecule has 0 saturated carbocycles. The predicted molar refractivity (Wildman–Crippen MR) is 85.0 cm³/mol. The largest absolute Gasteiger partial charge is 0.496 e. The highest BCUT2D eigenvalue weighted by molar-refractivity contribution is 5.74. The van der Waals surface area contributed by atoms with Crippen LogP contribution in [-0.2, 0) is 6.42 Å². The standard InChI is InChI=1S/C17H25FN2O2/c1-22-16-6-3-2-5-15(16)13-14-7-11-20(12-8-14)17(21)19-10-4-9-18/h2-3,5-6,14H,4,7-13H2,1H3,(H,19,21). The topological polar surface area (TPSA) is 41.6 Å². The van der Waals surface area contributed by atoms with Crippen molar-refractivity contribution in [3.8, 4) is 5.75 Å². The van der Waals surface area contributed by atoms with Crippen molar-refractivity contribution in [2.24, 2.45) is 5.92 Å². The number of hydrogen-bond acceptors (Lipinski definition) is 2. The zero-order valence-electron chi connectivity index (χ0n) is 13.2. The van der Waals surface area contributed by atoms with Gasteiger partial charge in [0.25, 0.3) is 0 Å². The first kappa shape index (κ1) is 16.6. The number of nitrogens with one attached hydrogen (secondary N) is 1. The molecule has 0 atom stereocenters. The minimum Gasteiger partial charge on any atom is -0.496 e. The number of rotatable bonds is 6. The van der Waals surface area contributed by atoms with Gasteiger partial charge >= 0.3 is 6.03 Å². The molecule has 1 aromatic rings. The minimum atomic E-state index is -0.388. The van der Waals surface area contributed by atoms with Gasteiger partial charge in [0.05, 0.1) is 13.8 Å². The Morgan fingerprint density at radius 3 is 2.77 bits per heavy atom. The number of hydrogen-bond donors (Lipinski definition) is 1. The summed E-state index contributed by atoms with van der Waals surface area (Å²) in [6.45, 7) is 1.56. The molecule has 1 aliphatic rings. The molecule has 2 amide bonds. The van der Waals surface area contributed by atoms with Crippen molar-refractivity contribution in [2.75, 3.05) is 33.4 Å². The van der Waals surface area contributed by atoms with Gasteiger partial charge in [-0.3, -0.25) is 4.39 Å². The lowest BCUT2D eigenvalue weighted by Crippen LogP contribution is -2.45. The molecule has 1 N–H and O–H groups in total. The SMILES string of the molecule is COc1ccccc1CC1CCN(C(=O)NCCCF)CC1. The van der Waals surface area contributed by atoms with Crippen LogP contribution < -0.4 is 10.1 Å². The van der Waals surface area contributed by atoms with Crippen LogP contribution in [0.15, 0.2) is 24.3 Å². The number of piperidine rings is 1. The summed E-state index contributed by atoms with van der Waals surface area (Å²) in [4.78, 5) is 13.7. The number of urea groups is 1. The van der Waals surface area contributed by atoms with Gasteiger partial charge < -0.3 is 15.0 Å². The van der Waals surface area contributed by atoms with Crippen LogP contribution >= 0.6 is 0 Å². The number of ether oxygens (including phenoxy) is 1. The molecule has 1 heterocycles. The second-order valence-electron chi connectivity index (χ2n) is 5.72. The summed E-state index contributed by atoms with van der Waals surface area (Å²) in [7, 11) is 1.70. The summed E-state index contributed by atoms with van der Waals surface area (Å²) >= 11 is 0. The highest BCUT2D eigenvalue weighted by Crippen LogP contribution is 2.26. The zero-order valence-corrected chi connectivity index (χ0v) is 13.2. The van der Waals surface area contributed by atoms with E-state index in [4.69, 9.17) is 4.74 Å². The molecule has 1 aliphatic heterocycles. The lowest BCUT2D eigenvalue weighted by atomic mass is 9.90. The number of para-hydroxylation sites is 1. The maximum Gasteiger partial charge on any atom is 0.317 e. The first-order valence-electron chi connectivity index (χ1n) is 7.95. The van der Waals surface area contributed by atoms with Crippen LogP contribution in [0.25, 0.3) is 0 Å². The number of alkyl halides is 1. The van der Waals surface area contributed by atoms with E-state index in [1.54, 1.807) is 7.11 Å². The minimum absolute atomic E-state index is 0.0656. The number of halogens is 1. The molecule has 122 valence electrons. The van der Waals surface area contributed by atoms with Crippen LogP contribution in [0.2, 0.25) is 0 Å². The Morgan fingerprint density at radius 2 is 2.09 bits per heavy atom. The second kappa shape index (κ2) is 8.61. The fourth-order valence-corrected chi connectivity index (χ4v) is 2.90. The molecule has 0 spiro atoms. The van der Waals surface area contributed by atoms with Crippen LogP contribution in [0.1, 0.15) is 24.8 Å². The number of carbonyl (C=O) groups is 1. The van der Waals surface area contributed by atoms with E-state index in [9.17, 15) is 9.18 Å².